The number of benzene rings is 2. The van der Waals surface area contributed by atoms with Crippen molar-refractivity contribution in [3.63, 3.8) is 0 Å². The highest BCUT2D eigenvalue weighted by molar-refractivity contribution is 7.15. The van der Waals surface area contributed by atoms with Crippen LogP contribution in [0.1, 0.15) is 23.4 Å². The number of hydrogen-bond donors (Lipinski definition) is 0. The van der Waals surface area contributed by atoms with E-state index in [1.54, 1.807) is 17.6 Å². The Kier molecular flexibility index (Phi) is 6.79. The number of carbonyl (C=O) groups excluding carboxylic acids is 1. The molecule has 0 N–H and O–H groups in total. The molecule has 5 rings (SSSR count). The molecule has 1 amide bonds. The number of halogens is 1. The molecule has 0 atom stereocenters. The van der Waals surface area contributed by atoms with E-state index in [1.165, 1.54) is 5.56 Å². The Bertz CT molecular complexity index is 1360. The van der Waals surface area contributed by atoms with Crippen LogP contribution in [0.5, 0.6) is 0 Å². The predicted octanol–water partition coefficient (Wildman–Crippen LogP) is 6.51. The summed E-state index contributed by atoms with van der Waals surface area (Å²) in [5.41, 5.74) is 4.24. The number of fused-ring (bicyclic) bond motifs is 1. The van der Waals surface area contributed by atoms with Gasteiger partial charge in [0.2, 0.25) is 5.91 Å². The molecule has 0 aliphatic rings. The number of thiazole rings is 1. The molecule has 3 heterocycles. The molecular formula is C27H24ClN3O2S. The van der Waals surface area contributed by atoms with Gasteiger partial charge >= 0.3 is 0 Å². The van der Waals surface area contributed by atoms with Gasteiger partial charge in [0.25, 0.3) is 0 Å². The van der Waals surface area contributed by atoms with E-state index in [-0.39, 0.29) is 5.91 Å². The van der Waals surface area contributed by atoms with Gasteiger partial charge in [0.15, 0.2) is 4.96 Å². The first-order chi connectivity index (χ1) is 16.7. The van der Waals surface area contributed by atoms with Crippen molar-refractivity contribution in [1.29, 1.82) is 0 Å². The van der Waals surface area contributed by atoms with Gasteiger partial charge in [-0.15, -0.1) is 11.3 Å². The van der Waals surface area contributed by atoms with Crippen LogP contribution in [0, 0.1) is 0 Å². The van der Waals surface area contributed by atoms with Crippen LogP contribution >= 0.6 is 22.9 Å². The van der Waals surface area contributed by atoms with Gasteiger partial charge in [-0.25, -0.2) is 4.98 Å². The van der Waals surface area contributed by atoms with E-state index in [1.807, 2.05) is 59.5 Å². The third-order valence-corrected chi connectivity index (χ3v) is 6.95. The molecule has 0 aliphatic carbocycles. The van der Waals surface area contributed by atoms with E-state index in [4.69, 9.17) is 21.0 Å². The van der Waals surface area contributed by atoms with Gasteiger partial charge in [-0.05, 0) is 36.2 Å². The van der Waals surface area contributed by atoms with Crippen LogP contribution in [0.2, 0.25) is 5.02 Å². The molecule has 0 unspecified atom stereocenters. The van der Waals surface area contributed by atoms with Crippen molar-refractivity contribution in [2.45, 2.75) is 25.8 Å². The predicted molar refractivity (Wildman–Crippen MR) is 136 cm³/mol. The third kappa shape index (κ3) is 5.24. The van der Waals surface area contributed by atoms with Crippen molar-refractivity contribution in [3.05, 3.63) is 107 Å². The summed E-state index contributed by atoms with van der Waals surface area (Å²) in [5.74, 6) is 0.912. The van der Waals surface area contributed by atoms with E-state index in [0.717, 1.165) is 40.5 Å². The van der Waals surface area contributed by atoms with E-state index in [9.17, 15) is 4.79 Å². The lowest BCUT2D eigenvalue weighted by atomic mass is 10.1. The Balaban J connectivity index is 1.30. The number of amides is 1. The quantitative estimate of drug-likeness (QED) is 0.237. The second kappa shape index (κ2) is 10.3. The zero-order valence-electron chi connectivity index (χ0n) is 18.6. The fourth-order valence-corrected chi connectivity index (χ4v) is 4.99. The molecule has 0 spiro atoms. The standard InChI is InChI=1S/C27H24ClN3O2S/c28-22-11-9-21(10-12-22)25-18-31-23(19-34-27(31)29-25)14-15-30(17-24-7-4-16-33-24)26(32)13-8-20-5-2-1-3-6-20/h1-7,9-12,16,18-19H,8,13-15,17H2. The van der Waals surface area contributed by atoms with E-state index in [0.29, 0.717) is 24.5 Å². The molecular weight excluding hydrogens is 466 g/mol. The molecule has 34 heavy (non-hydrogen) atoms. The summed E-state index contributed by atoms with van der Waals surface area (Å²) in [4.78, 5) is 20.7. The van der Waals surface area contributed by atoms with Gasteiger partial charge in [-0.3, -0.25) is 9.20 Å². The maximum absolute atomic E-state index is 13.1. The van der Waals surface area contributed by atoms with Gasteiger partial charge in [-0.2, -0.15) is 0 Å². The number of imidazole rings is 1. The Labute approximate surface area is 207 Å². The zero-order valence-corrected chi connectivity index (χ0v) is 20.1. The Morgan fingerprint density at radius 2 is 1.85 bits per heavy atom. The normalized spacial score (nSPS) is 11.2. The number of carbonyl (C=O) groups is 1. The van der Waals surface area contributed by atoms with Crippen molar-refractivity contribution >= 4 is 33.8 Å². The van der Waals surface area contributed by atoms with E-state index in [2.05, 4.69) is 28.1 Å². The fourth-order valence-electron chi connectivity index (χ4n) is 3.95. The summed E-state index contributed by atoms with van der Waals surface area (Å²) in [6.07, 6.45) is 5.62. The van der Waals surface area contributed by atoms with Crippen LogP contribution in [0.3, 0.4) is 0 Å². The number of aromatic nitrogens is 2. The van der Waals surface area contributed by atoms with E-state index >= 15 is 0 Å². The topological polar surface area (TPSA) is 50.8 Å². The SMILES string of the molecule is O=C(CCc1ccccc1)N(CCc1csc2nc(-c3ccc(Cl)cc3)cn12)Cc1ccco1. The van der Waals surface area contributed by atoms with Crippen molar-refractivity contribution in [2.24, 2.45) is 0 Å². The van der Waals surface area contributed by atoms with Crippen molar-refractivity contribution in [3.8, 4) is 11.3 Å². The summed E-state index contributed by atoms with van der Waals surface area (Å²) >= 11 is 7.63. The number of furan rings is 1. The lowest BCUT2D eigenvalue weighted by Crippen LogP contribution is -2.32. The number of aryl methyl sites for hydroxylation is 1. The lowest BCUT2D eigenvalue weighted by Gasteiger charge is -2.22. The van der Waals surface area contributed by atoms with Crippen LogP contribution in [0.25, 0.3) is 16.2 Å². The van der Waals surface area contributed by atoms with Crippen molar-refractivity contribution < 1.29 is 9.21 Å². The minimum absolute atomic E-state index is 0.124. The van der Waals surface area contributed by atoms with Crippen LogP contribution in [-0.4, -0.2) is 26.7 Å². The summed E-state index contributed by atoms with van der Waals surface area (Å²) in [7, 11) is 0. The average molecular weight is 490 g/mol. The molecule has 0 fully saturated rings. The van der Waals surface area contributed by atoms with Crippen LogP contribution < -0.4 is 0 Å². The molecule has 7 heteroatoms. The number of hydrogen-bond acceptors (Lipinski definition) is 4. The van der Waals surface area contributed by atoms with E-state index < -0.39 is 0 Å². The molecule has 172 valence electrons. The largest absolute Gasteiger partial charge is 0.467 e. The van der Waals surface area contributed by atoms with Crippen LogP contribution in [0.4, 0.5) is 0 Å². The molecule has 0 radical (unpaired) electrons. The third-order valence-electron chi connectivity index (χ3n) is 5.81. The second-order valence-electron chi connectivity index (χ2n) is 8.14. The molecule has 5 aromatic rings. The molecule has 0 aliphatic heterocycles. The Morgan fingerprint density at radius 3 is 2.62 bits per heavy atom. The van der Waals surface area contributed by atoms with Crippen molar-refractivity contribution in [2.75, 3.05) is 6.54 Å². The summed E-state index contributed by atoms with van der Waals surface area (Å²) in [5, 5.41) is 2.83. The van der Waals surface area contributed by atoms with Gasteiger partial charge in [0.05, 0.1) is 18.5 Å². The lowest BCUT2D eigenvalue weighted by molar-refractivity contribution is -0.132. The van der Waals surface area contributed by atoms with Crippen molar-refractivity contribution in [1.82, 2.24) is 14.3 Å². The molecule has 2 aromatic carbocycles. The highest BCUT2D eigenvalue weighted by Gasteiger charge is 2.17. The molecule has 0 saturated heterocycles. The average Bonchev–Trinajstić information content (AvgIpc) is 3.60. The molecule has 0 saturated carbocycles. The number of nitrogens with zero attached hydrogens (tertiary/aromatic N) is 3. The highest BCUT2D eigenvalue weighted by atomic mass is 35.5. The summed E-state index contributed by atoms with van der Waals surface area (Å²) in [6, 6.07) is 21.6. The zero-order chi connectivity index (χ0) is 23.3. The highest BCUT2D eigenvalue weighted by Crippen LogP contribution is 2.25. The van der Waals surface area contributed by atoms with Gasteiger partial charge in [0.1, 0.15) is 5.76 Å². The monoisotopic (exact) mass is 489 g/mol. The number of rotatable bonds is 9. The Hall–Kier alpha value is -3.35. The smallest absolute Gasteiger partial charge is 0.223 e. The van der Waals surface area contributed by atoms with Gasteiger partial charge in [-0.1, -0.05) is 54.1 Å². The molecule has 5 nitrogen and oxygen atoms in total. The first-order valence-electron chi connectivity index (χ1n) is 11.2. The second-order valence-corrected chi connectivity index (χ2v) is 9.42. The first kappa shape index (κ1) is 22.4. The summed E-state index contributed by atoms with van der Waals surface area (Å²) in [6.45, 7) is 1.07. The minimum atomic E-state index is 0.124. The maximum atomic E-state index is 13.1. The molecule has 0 bridgehead atoms. The first-order valence-corrected chi connectivity index (χ1v) is 12.5. The van der Waals surface area contributed by atoms with Crippen LogP contribution in [0.15, 0.2) is 89.0 Å². The van der Waals surface area contributed by atoms with Crippen LogP contribution in [-0.2, 0) is 24.2 Å². The summed E-state index contributed by atoms with van der Waals surface area (Å²) < 4.78 is 7.65. The Morgan fingerprint density at radius 1 is 1.03 bits per heavy atom. The minimum Gasteiger partial charge on any atom is -0.467 e. The molecule has 3 aromatic heterocycles. The maximum Gasteiger partial charge on any atom is 0.223 e. The van der Waals surface area contributed by atoms with Gasteiger partial charge < -0.3 is 9.32 Å². The fraction of sp³-hybridized carbons (Fsp3) is 0.185. The van der Waals surface area contributed by atoms with Gasteiger partial charge in [0, 0.05) is 47.2 Å².